The van der Waals surface area contributed by atoms with Crippen molar-refractivity contribution in [3.05, 3.63) is 69.8 Å². The van der Waals surface area contributed by atoms with Crippen molar-refractivity contribution >= 4 is 11.6 Å². The highest BCUT2D eigenvalue weighted by Gasteiger charge is 2.66. The molecule has 4 heteroatoms. The number of Topliss-reactive ketones (excluding diaryl/α,β-unsaturated/α-hetero) is 2. The molecule has 1 aliphatic carbocycles. The van der Waals surface area contributed by atoms with Gasteiger partial charge in [-0.2, -0.15) is 5.26 Å². The summed E-state index contributed by atoms with van der Waals surface area (Å²) in [7, 11) is 0. The molecule has 0 aromatic heterocycles. The van der Waals surface area contributed by atoms with Crippen LogP contribution < -0.4 is 0 Å². The molecule has 0 N–H and O–H groups in total. The first-order valence-corrected chi connectivity index (χ1v) is 10.2. The highest BCUT2D eigenvalue weighted by molar-refractivity contribution is 6.17. The van der Waals surface area contributed by atoms with Crippen molar-refractivity contribution in [2.75, 3.05) is 0 Å². The average Bonchev–Trinajstić information content (AvgIpc) is 3.34. The van der Waals surface area contributed by atoms with E-state index in [4.69, 9.17) is 4.74 Å². The summed E-state index contributed by atoms with van der Waals surface area (Å²) in [6, 6.07) is 13.8. The molecule has 2 saturated heterocycles. The van der Waals surface area contributed by atoms with Gasteiger partial charge in [-0.3, -0.25) is 9.59 Å². The second kappa shape index (κ2) is 6.37. The van der Waals surface area contributed by atoms with Gasteiger partial charge < -0.3 is 4.74 Å². The number of nitrogens with zero attached hydrogens (tertiary/aromatic N) is 1. The number of carbonyl (C=O) groups is 2. The van der Waals surface area contributed by atoms with Crippen LogP contribution in [-0.2, 0) is 14.3 Å². The summed E-state index contributed by atoms with van der Waals surface area (Å²) in [5.41, 5.74) is 5.70. The van der Waals surface area contributed by atoms with Gasteiger partial charge in [0.25, 0.3) is 0 Å². The predicted octanol–water partition coefficient (Wildman–Crippen LogP) is 3.91. The molecule has 0 amide bonds. The Bertz CT molecular complexity index is 1070. The van der Waals surface area contributed by atoms with Gasteiger partial charge in [0.2, 0.25) is 0 Å². The van der Waals surface area contributed by atoms with Crippen LogP contribution in [0, 0.1) is 43.9 Å². The topological polar surface area (TPSA) is 67.2 Å². The SMILES string of the molecule is Cc1cc(C)c(C2C(=O)[C@@H]3[C@@H]4O[C@@H](C[C@H]4c4cccc(C#N)c4)[C@@H]3C2=O)c(C)c1. The van der Waals surface area contributed by atoms with Gasteiger partial charge in [0.1, 0.15) is 5.92 Å². The first kappa shape index (κ1) is 18.3. The zero-order valence-electron chi connectivity index (χ0n) is 16.8. The first-order chi connectivity index (χ1) is 13.9. The van der Waals surface area contributed by atoms with Crippen molar-refractivity contribution in [1.29, 1.82) is 5.26 Å². The van der Waals surface area contributed by atoms with Crippen LogP contribution in [0.15, 0.2) is 36.4 Å². The number of ether oxygens (including phenoxy) is 1. The molecule has 6 atom stereocenters. The molecule has 2 aromatic carbocycles. The third-order valence-corrected chi connectivity index (χ3v) is 7.05. The van der Waals surface area contributed by atoms with Gasteiger partial charge in [0.05, 0.1) is 35.7 Å². The zero-order valence-corrected chi connectivity index (χ0v) is 16.8. The lowest BCUT2D eigenvalue weighted by Gasteiger charge is -2.26. The van der Waals surface area contributed by atoms with E-state index in [0.717, 1.165) is 34.2 Å². The van der Waals surface area contributed by atoms with Gasteiger partial charge in [-0.05, 0) is 61.6 Å². The molecule has 3 aliphatic rings. The van der Waals surface area contributed by atoms with E-state index in [-0.39, 0.29) is 41.5 Å². The van der Waals surface area contributed by atoms with Crippen LogP contribution in [0.4, 0.5) is 0 Å². The standard InChI is InChI=1S/C25H23NO3/c1-12-7-13(2)19(14(3)8-12)21-23(27)20-18-10-17(25(29-18)22(20)24(21)28)16-6-4-5-15(9-16)11-26/h4-9,17-18,20-22,25H,10H2,1-3H3/t17-,18-,20-,21?,22+,25+/m0/s1. The lowest BCUT2D eigenvalue weighted by molar-refractivity contribution is -0.127. The summed E-state index contributed by atoms with van der Waals surface area (Å²) in [5, 5.41) is 9.22. The Kier molecular flexibility index (Phi) is 4.01. The summed E-state index contributed by atoms with van der Waals surface area (Å²) >= 11 is 0. The summed E-state index contributed by atoms with van der Waals surface area (Å²) in [6.07, 6.45) is 0.262. The molecule has 5 rings (SSSR count). The van der Waals surface area contributed by atoms with Gasteiger partial charge >= 0.3 is 0 Å². The highest BCUT2D eigenvalue weighted by Crippen LogP contribution is 2.57. The Morgan fingerprint density at radius 3 is 2.38 bits per heavy atom. The van der Waals surface area contributed by atoms with E-state index in [1.54, 1.807) is 6.07 Å². The van der Waals surface area contributed by atoms with Crippen molar-refractivity contribution in [2.45, 2.75) is 51.2 Å². The van der Waals surface area contributed by atoms with E-state index in [1.807, 2.05) is 39.0 Å². The smallest absolute Gasteiger partial charge is 0.154 e. The zero-order chi connectivity index (χ0) is 20.4. The maximum atomic E-state index is 13.5. The molecule has 4 nitrogen and oxygen atoms in total. The second-order valence-corrected chi connectivity index (χ2v) is 8.82. The highest BCUT2D eigenvalue weighted by atomic mass is 16.5. The minimum Gasteiger partial charge on any atom is -0.373 e. The van der Waals surface area contributed by atoms with Crippen molar-refractivity contribution < 1.29 is 14.3 Å². The van der Waals surface area contributed by atoms with Crippen LogP contribution in [0.2, 0.25) is 0 Å². The second-order valence-electron chi connectivity index (χ2n) is 8.82. The minimum atomic E-state index is -0.663. The monoisotopic (exact) mass is 385 g/mol. The number of fused-ring (bicyclic) bond motifs is 5. The number of hydrogen-bond donors (Lipinski definition) is 0. The van der Waals surface area contributed by atoms with Crippen LogP contribution in [-0.4, -0.2) is 23.8 Å². The summed E-state index contributed by atoms with van der Waals surface area (Å²) < 4.78 is 6.16. The molecule has 2 heterocycles. The Labute approximate surface area is 170 Å². The van der Waals surface area contributed by atoms with Gasteiger partial charge in [-0.1, -0.05) is 29.8 Å². The number of rotatable bonds is 2. The fraction of sp³-hybridized carbons (Fsp3) is 0.400. The van der Waals surface area contributed by atoms with E-state index in [9.17, 15) is 14.9 Å². The molecule has 0 radical (unpaired) electrons. The van der Waals surface area contributed by atoms with E-state index < -0.39 is 5.92 Å². The average molecular weight is 385 g/mol. The molecule has 2 aromatic rings. The Balaban J connectivity index is 1.52. The molecule has 0 spiro atoms. The van der Waals surface area contributed by atoms with Crippen molar-refractivity contribution in [3.8, 4) is 6.07 Å². The van der Waals surface area contributed by atoms with E-state index in [2.05, 4.69) is 18.2 Å². The van der Waals surface area contributed by atoms with Gasteiger partial charge in [0.15, 0.2) is 11.6 Å². The number of carbonyl (C=O) groups excluding carboxylic acids is 2. The third kappa shape index (κ3) is 2.54. The summed E-state index contributed by atoms with van der Waals surface area (Å²) in [4.78, 5) is 26.9. The van der Waals surface area contributed by atoms with Gasteiger partial charge in [0, 0.05) is 5.92 Å². The lowest BCUT2D eigenvalue weighted by Crippen LogP contribution is -2.34. The predicted molar refractivity (Wildman–Crippen MR) is 108 cm³/mol. The molecule has 1 saturated carbocycles. The summed E-state index contributed by atoms with van der Waals surface area (Å²) in [6.45, 7) is 6.02. The van der Waals surface area contributed by atoms with Crippen molar-refractivity contribution in [1.82, 2.24) is 0 Å². The maximum absolute atomic E-state index is 13.5. The van der Waals surface area contributed by atoms with E-state index in [1.165, 1.54) is 0 Å². The number of nitriles is 1. The van der Waals surface area contributed by atoms with E-state index in [0.29, 0.717) is 5.56 Å². The van der Waals surface area contributed by atoms with E-state index >= 15 is 0 Å². The van der Waals surface area contributed by atoms with Crippen LogP contribution in [0.25, 0.3) is 0 Å². The third-order valence-electron chi connectivity index (χ3n) is 7.05. The molecule has 1 unspecified atom stereocenters. The van der Waals surface area contributed by atoms with Crippen LogP contribution in [0.5, 0.6) is 0 Å². The normalized spacial score (nSPS) is 32.5. The van der Waals surface area contributed by atoms with Gasteiger partial charge in [-0.25, -0.2) is 0 Å². The quantitative estimate of drug-likeness (QED) is 0.735. The Morgan fingerprint density at radius 2 is 1.69 bits per heavy atom. The van der Waals surface area contributed by atoms with Crippen LogP contribution in [0.1, 0.15) is 51.6 Å². The Morgan fingerprint density at radius 1 is 1.00 bits per heavy atom. The molecule has 146 valence electrons. The van der Waals surface area contributed by atoms with Crippen LogP contribution >= 0.6 is 0 Å². The van der Waals surface area contributed by atoms with Crippen LogP contribution in [0.3, 0.4) is 0 Å². The fourth-order valence-corrected chi connectivity index (χ4v) is 6.06. The number of aryl methyl sites for hydroxylation is 3. The minimum absolute atomic E-state index is 0.0173. The number of hydrogen-bond acceptors (Lipinski definition) is 4. The van der Waals surface area contributed by atoms with Crippen molar-refractivity contribution in [3.63, 3.8) is 0 Å². The molecule has 2 bridgehead atoms. The number of ketones is 2. The maximum Gasteiger partial charge on any atom is 0.154 e. The van der Waals surface area contributed by atoms with Gasteiger partial charge in [-0.15, -0.1) is 0 Å². The molecular formula is C25H23NO3. The molecule has 29 heavy (non-hydrogen) atoms. The fourth-order valence-electron chi connectivity index (χ4n) is 6.06. The molecular weight excluding hydrogens is 362 g/mol. The largest absolute Gasteiger partial charge is 0.373 e. The summed E-state index contributed by atoms with van der Waals surface area (Å²) in [5.74, 6) is -1.25. The molecule has 2 aliphatic heterocycles. The molecule has 3 fully saturated rings. The lowest BCUT2D eigenvalue weighted by atomic mass is 9.73. The Hall–Kier alpha value is -2.77. The van der Waals surface area contributed by atoms with Crippen molar-refractivity contribution in [2.24, 2.45) is 11.8 Å². The first-order valence-electron chi connectivity index (χ1n) is 10.2. The number of benzene rings is 2.